The van der Waals surface area contributed by atoms with E-state index in [-0.39, 0.29) is 54.0 Å². The minimum atomic E-state index is -4.05. The molecule has 1 amide bonds. The number of rotatable bonds is 5. The fourth-order valence-corrected chi connectivity index (χ4v) is 6.11. The van der Waals surface area contributed by atoms with Crippen LogP contribution in [0.3, 0.4) is 0 Å². The average Bonchev–Trinajstić information content (AvgIpc) is 3.24. The summed E-state index contributed by atoms with van der Waals surface area (Å²) in [6, 6.07) is 10.6. The Morgan fingerprint density at radius 3 is 2.38 bits per heavy atom. The molecule has 9 nitrogen and oxygen atoms in total. The maximum atomic E-state index is 13.5. The lowest BCUT2D eigenvalue weighted by atomic mass is 10.2. The van der Waals surface area contributed by atoms with Gasteiger partial charge in [-0.25, -0.2) is 8.42 Å². The number of hydrogen-bond donors (Lipinski definition) is 0. The normalized spacial score (nSPS) is 14.6. The molecule has 1 fully saturated rings. The summed E-state index contributed by atoms with van der Waals surface area (Å²) in [5.74, 6) is 0.0580. The third-order valence-electron chi connectivity index (χ3n) is 5.13. The van der Waals surface area contributed by atoms with Crippen LogP contribution in [0, 0.1) is 18.3 Å². The molecular formula is C21H17Cl2N5O4S2. The van der Waals surface area contributed by atoms with Crippen molar-refractivity contribution >= 4 is 50.7 Å². The number of ether oxygens (including phenoxy) is 1. The first-order valence-electron chi connectivity index (χ1n) is 9.95. The van der Waals surface area contributed by atoms with Crippen LogP contribution in [-0.4, -0.2) is 59.3 Å². The summed E-state index contributed by atoms with van der Waals surface area (Å²) in [5.41, 5.74) is 0.707. The molecule has 1 saturated heterocycles. The molecule has 0 spiro atoms. The average molecular weight is 538 g/mol. The lowest BCUT2D eigenvalue weighted by Crippen LogP contribution is -2.50. The highest BCUT2D eigenvalue weighted by molar-refractivity contribution is 7.89. The smallest absolute Gasteiger partial charge is 0.267 e. The fourth-order valence-electron chi connectivity index (χ4n) is 3.42. The van der Waals surface area contributed by atoms with Crippen LogP contribution < -0.4 is 4.74 Å². The third kappa shape index (κ3) is 5.01. The summed E-state index contributed by atoms with van der Waals surface area (Å²) >= 11 is 13.1. The van der Waals surface area contributed by atoms with Gasteiger partial charge in [0.2, 0.25) is 10.0 Å². The Morgan fingerprint density at radius 1 is 1.12 bits per heavy atom. The summed E-state index contributed by atoms with van der Waals surface area (Å²) < 4.78 is 37.9. The van der Waals surface area contributed by atoms with E-state index in [0.29, 0.717) is 20.6 Å². The quantitative estimate of drug-likeness (QED) is 0.483. The van der Waals surface area contributed by atoms with Crippen LogP contribution in [0.1, 0.15) is 20.9 Å². The number of aryl methyl sites for hydroxylation is 1. The molecule has 0 atom stereocenters. The number of nitriles is 1. The van der Waals surface area contributed by atoms with Gasteiger partial charge in [-0.05, 0) is 54.9 Å². The molecule has 176 valence electrons. The van der Waals surface area contributed by atoms with Crippen molar-refractivity contribution in [2.75, 3.05) is 26.2 Å². The zero-order valence-corrected chi connectivity index (χ0v) is 20.9. The Balaban J connectivity index is 1.59. The molecule has 1 aromatic heterocycles. The largest absolute Gasteiger partial charge is 0.456 e. The first-order chi connectivity index (χ1) is 16.2. The van der Waals surface area contributed by atoms with E-state index in [1.165, 1.54) is 40.7 Å². The minimum absolute atomic E-state index is 0.0298. The molecule has 34 heavy (non-hydrogen) atoms. The van der Waals surface area contributed by atoms with Gasteiger partial charge in [-0.1, -0.05) is 27.7 Å². The van der Waals surface area contributed by atoms with Crippen molar-refractivity contribution in [1.29, 1.82) is 5.26 Å². The van der Waals surface area contributed by atoms with Gasteiger partial charge < -0.3 is 9.64 Å². The zero-order valence-electron chi connectivity index (χ0n) is 17.7. The van der Waals surface area contributed by atoms with Gasteiger partial charge in [0.05, 0.1) is 17.3 Å². The number of aromatic nitrogens is 2. The monoisotopic (exact) mass is 537 g/mol. The predicted molar refractivity (Wildman–Crippen MR) is 127 cm³/mol. The van der Waals surface area contributed by atoms with Gasteiger partial charge >= 0.3 is 0 Å². The van der Waals surface area contributed by atoms with Crippen LogP contribution >= 0.6 is 34.7 Å². The topological polar surface area (TPSA) is 116 Å². The zero-order chi connectivity index (χ0) is 24.5. The second-order valence-electron chi connectivity index (χ2n) is 7.36. The van der Waals surface area contributed by atoms with Crippen LogP contribution in [-0.2, 0) is 10.0 Å². The van der Waals surface area contributed by atoms with Crippen molar-refractivity contribution in [3.63, 3.8) is 0 Å². The van der Waals surface area contributed by atoms with Crippen molar-refractivity contribution in [3.05, 3.63) is 62.6 Å². The summed E-state index contributed by atoms with van der Waals surface area (Å²) in [6.07, 6.45) is 0. The first-order valence-corrected chi connectivity index (χ1v) is 12.9. The lowest BCUT2D eigenvalue weighted by molar-refractivity contribution is 0.0701. The Labute approximate surface area is 210 Å². The van der Waals surface area contributed by atoms with Crippen molar-refractivity contribution in [3.8, 4) is 17.6 Å². The van der Waals surface area contributed by atoms with E-state index in [0.717, 1.165) is 11.5 Å². The molecular weight excluding hydrogens is 521 g/mol. The van der Waals surface area contributed by atoms with Crippen LogP contribution in [0.25, 0.3) is 0 Å². The Morgan fingerprint density at radius 2 is 1.79 bits per heavy atom. The molecule has 4 rings (SSSR count). The van der Waals surface area contributed by atoms with Gasteiger partial charge in [-0.2, -0.15) is 9.57 Å². The standard InChI is InChI=1S/C21H17Cl2N5O4S2/c1-13-20(33-26-25-13)21(29)27-4-6-28(7-5-27)34(30,31)19-8-14(12-24)2-3-18(19)32-17-10-15(22)9-16(23)11-17/h2-3,8-11H,4-7H2,1H3. The number of benzene rings is 2. The van der Waals surface area contributed by atoms with Crippen molar-refractivity contribution < 1.29 is 17.9 Å². The number of piperazine rings is 1. The highest BCUT2D eigenvalue weighted by Gasteiger charge is 2.33. The van der Waals surface area contributed by atoms with E-state index in [4.69, 9.17) is 27.9 Å². The lowest BCUT2D eigenvalue weighted by Gasteiger charge is -2.34. The summed E-state index contributed by atoms with van der Waals surface area (Å²) in [6.45, 7) is 2.27. The Bertz CT molecular complexity index is 1380. The van der Waals surface area contributed by atoms with E-state index in [9.17, 15) is 18.5 Å². The molecule has 3 aromatic rings. The fraction of sp³-hybridized carbons (Fsp3) is 0.238. The molecule has 0 unspecified atom stereocenters. The van der Waals surface area contributed by atoms with Crippen LogP contribution in [0.2, 0.25) is 10.0 Å². The number of carbonyl (C=O) groups is 1. The third-order valence-corrected chi connectivity index (χ3v) is 8.30. The van der Waals surface area contributed by atoms with Gasteiger partial charge in [-0.3, -0.25) is 4.79 Å². The second kappa shape index (κ2) is 9.85. The van der Waals surface area contributed by atoms with E-state index in [2.05, 4.69) is 9.59 Å². The molecule has 0 bridgehead atoms. The van der Waals surface area contributed by atoms with Crippen LogP contribution in [0.15, 0.2) is 41.3 Å². The highest BCUT2D eigenvalue weighted by atomic mass is 35.5. The van der Waals surface area contributed by atoms with Crippen molar-refractivity contribution in [2.45, 2.75) is 11.8 Å². The predicted octanol–water partition coefficient (Wildman–Crippen LogP) is 3.96. The summed E-state index contributed by atoms with van der Waals surface area (Å²) in [7, 11) is -4.05. The summed E-state index contributed by atoms with van der Waals surface area (Å²) in [4.78, 5) is 14.6. The van der Waals surface area contributed by atoms with E-state index in [1.54, 1.807) is 11.8 Å². The van der Waals surface area contributed by atoms with Gasteiger partial charge in [0.25, 0.3) is 5.91 Å². The molecule has 1 aliphatic rings. The number of halogens is 2. The highest BCUT2D eigenvalue weighted by Crippen LogP contribution is 2.34. The Kier molecular flexibility index (Phi) is 7.06. The van der Waals surface area contributed by atoms with E-state index >= 15 is 0 Å². The van der Waals surface area contributed by atoms with Crippen molar-refractivity contribution in [1.82, 2.24) is 18.8 Å². The Hall–Kier alpha value is -2.75. The molecule has 0 saturated carbocycles. The molecule has 2 heterocycles. The SMILES string of the molecule is Cc1nnsc1C(=O)N1CCN(S(=O)(=O)c2cc(C#N)ccc2Oc2cc(Cl)cc(Cl)c2)CC1. The van der Waals surface area contributed by atoms with Crippen LogP contribution in [0.4, 0.5) is 0 Å². The van der Waals surface area contributed by atoms with Gasteiger partial charge in [0.1, 0.15) is 21.3 Å². The summed E-state index contributed by atoms with van der Waals surface area (Å²) in [5, 5.41) is 13.8. The first kappa shape index (κ1) is 24.4. The maximum Gasteiger partial charge on any atom is 0.267 e. The molecule has 0 radical (unpaired) electrons. The minimum Gasteiger partial charge on any atom is -0.456 e. The number of sulfonamides is 1. The second-order valence-corrected chi connectivity index (χ2v) is 10.9. The van der Waals surface area contributed by atoms with Crippen molar-refractivity contribution in [2.24, 2.45) is 0 Å². The molecule has 13 heteroatoms. The number of amides is 1. The van der Waals surface area contributed by atoms with Gasteiger partial charge in [0, 0.05) is 36.2 Å². The number of carbonyl (C=O) groups excluding carboxylic acids is 1. The molecule has 0 N–H and O–H groups in total. The van der Waals surface area contributed by atoms with E-state index < -0.39 is 10.0 Å². The molecule has 0 aliphatic carbocycles. The van der Waals surface area contributed by atoms with E-state index in [1.807, 2.05) is 6.07 Å². The van der Waals surface area contributed by atoms with Gasteiger partial charge in [0.15, 0.2) is 0 Å². The number of hydrogen-bond acceptors (Lipinski definition) is 8. The maximum absolute atomic E-state index is 13.5. The van der Waals surface area contributed by atoms with Gasteiger partial charge in [-0.15, -0.1) is 5.10 Å². The molecule has 2 aromatic carbocycles. The molecule has 1 aliphatic heterocycles. The van der Waals surface area contributed by atoms with Crippen LogP contribution in [0.5, 0.6) is 11.5 Å². The number of nitrogens with zero attached hydrogens (tertiary/aromatic N) is 5.